The van der Waals surface area contributed by atoms with E-state index in [0.717, 1.165) is 13.0 Å². The first-order chi connectivity index (χ1) is 6.29. The van der Waals surface area contributed by atoms with E-state index >= 15 is 0 Å². The second-order valence-corrected chi connectivity index (χ2v) is 3.87. The molecule has 3 heteroatoms. The summed E-state index contributed by atoms with van der Waals surface area (Å²) in [6, 6.07) is 0.127. The van der Waals surface area contributed by atoms with Crippen molar-refractivity contribution < 1.29 is 0 Å². The number of nitrogens with two attached hydrogens (primary N) is 1. The molecule has 0 aliphatic carbocycles. The predicted molar refractivity (Wildman–Crippen MR) is 52.4 cm³/mol. The minimum Gasteiger partial charge on any atom is -0.324 e. The average Bonchev–Trinajstić information content (AvgIpc) is 2.36. The molecule has 0 aromatic carbocycles. The van der Waals surface area contributed by atoms with Gasteiger partial charge in [0, 0.05) is 23.8 Å². The van der Waals surface area contributed by atoms with Gasteiger partial charge < -0.3 is 5.73 Å². The van der Waals surface area contributed by atoms with Gasteiger partial charge in [-0.3, -0.25) is 4.68 Å². The van der Waals surface area contributed by atoms with Gasteiger partial charge in [0.2, 0.25) is 0 Å². The van der Waals surface area contributed by atoms with Crippen LogP contribution in [0.25, 0.3) is 0 Å². The summed E-state index contributed by atoms with van der Waals surface area (Å²) in [6.07, 6.45) is 6.95. The third kappa shape index (κ3) is 1.61. The minimum atomic E-state index is 0.127. The van der Waals surface area contributed by atoms with Gasteiger partial charge in [-0.1, -0.05) is 6.42 Å². The molecule has 1 aromatic rings. The van der Waals surface area contributed by atoms with Gasteiger partial charge in [-0.15, -0.1) is 0 Å². The second kappa shape index (κ2) is 3.50. The molecule has 0 saturated carbocycles. The number of fused-ring (bicyclic) bond motifs is 1. The molecule has 0 fully saturated rings. The van der Waals surface area contributed by atoms with E-state index in [9.17, 15) is 0 Å². The molecule has 0 unspecified atom stereocenters. The quantitative estimate of drug-likeness (QED) is 0.712. The lowest BCUT2D eigenvalue weighted by Crippen LogP contribution is -2.09. The largest absolute Gasteiger partial charge is 0.324 e. The lowest BCUT2D eigenvalue weighted by atomic mass is 10.1. The molecule has 1 aliphatic heterocycles. The summed E-state index contributed by atoms with van der Waals surface area (Å²) in [7, 11) is 0. The smallest absolute Gasteiger partial charge is 0.0540 e. The van der Waals surface area contributed by atoms with Crippen LogP contribution in [-0.2, 0) is 13.0 Å². The Bertz CT molecular complexity index is 288. The number of nitrogens with zero attached hydrogens (tertiary/aromatic N) is 2. The summed E-state index contributed by atoms with van der Waals surface area (Å²) in [5, 5.41) is 4.37. The molecule has 0 radical (unpaired) electrons. The molecule has 2 rings (SSSR count). The van der Waals surface area contributed by atoms with Crippen molar-refractivity contribution in [1.29, 1.82) is 0 Å². The summed E-state index contributed by atoms with van der Waals surface area (Å²) in [5.41, 5.74) is 8.49. The van der Waals surface area contributed by atoms with E-state index in [1.807, 2.05) is 13.1 Å². The molecule has 2 N–H and O–H groups in total. The van der Waals surface area contributed by atoms with E-state index in [2.05, 4.69) is 9.78 Å². The zero-order valence-electron chi connectivity index (χ0n) is 8.16. The van der Waals surface area contributed by atoms with Gasteiger partial charge in [-0.2, -0.15) is 5.10 Å². The van der Waals surface area contributed by atoms with Gasteiger partial charge in [-0.05, 0) is 26.2 Å². The van der Waals surface area contributed by atoms with Crippen LogP contribution in [0.1, 0.15) is 43.5 Å². The van der Waals surface area contributed by atoms with E-state index in [1.54, 1.807) is 0 Å². The maximum atomic E-state index is 5.88. The van der Waals surface area contributed by atoms with Crippen molar-refractivity contribution in [3.63, 3.8) is 0 Å². The molecule has 1 aliphatic rings. The van der Waals surface area contributed by atoms with Crippen molar-refractivity contribution in [2.75, 3.05) is 0 Å². The zero-order valence-corrected chi connectivity index (χ0v) is 8.16. The van der Waals surface area contributed by atoms with Crippen molar-refractivity contribution in [1.82, 2.24) is 9.78 Å². The standard InChI is InChI=1S/C10H17N3/c1-8(11)9-7-12-13-6-4-2-3-5-10(9)13/h7-8H,2-6,11H2,1H3/t8-/m1/s1. The number of rotatable bonds is 1. The normalized spacial score (nSPS) is 19.2. The van der Waals surface area contributed by atoms with Crippen LogP contribution < -0.4 is 5.73 Å². The fourth-order valence-electron chi connectivity index (χ4n) is 2.00. The number of hydrogen-bond acceptors (Lipinski definition) is 2. The molecular formula is C10H17N3. The second-order valence-electron chi connectivity index (χ2n) is 3.87. The molecule has 0 amide bonds. The van der Waals surface area contributed by atoms with Crippen LogP contribution in [0.3, 0.4) is 0 Å². The highest BCUT2D eigenvalue weighted by Gasteiger charge is 2.15. The maximum Gasteiger partial charge on any atom is 0.0540 e. The van der Waals surface area contributed by atoms with Gasteiger partial charge >= 0.3 is 0 Å². The van der Waals surface area contributed by atoms with Crippen molar-refractivity contribution in [2.45, 2.75) is 45.2 Å². The van der Waals surface area contributed by atoms with Crippen molar-refractivity contribution >= 4 is 0 Å². The van der Waals surface area contributed by atoms with E-state index < -0.39 is 0 Å². The highest BCUT2D eigenvalue weighted by atomic mass is 15.3. The first kappa shape index (κ1) is 8.75. The minimum absolute atomic E-state index is 0.127. The number of aromatic nitrogens is 2. The van der Waals surface area contributed by atoms with Crippen molar-refractivity contribution in [3.8, 4) is 0 Å². The molecule has 0 saturated heterocycles. The highest BCUT2D eigenvalue weighted by molar-refractivity contribution is 5.21. The zero-order chi connectivity index (χ0) is 9.26. The summed E-state index contributed by atoms with van der Waals surface area (Å²) in [6.45, 7) is 3.10. The molecule has 0 bridgehead atoms. The van der Waals surface area contributed by atoms with Crippen LogP contribution in [0.2, 0.25) is 0 Å². The third-order valence-corrected chi connectivity index (χ3v) is 2.76. The SMILES string of the molecule is C[C@@H](N)c1cnn2c1CCCCC2. The first-order valence-corrected chi connectivity index (χ1v) is 5.09. The Morgan fingerprint density at radius 2 is 2.31 bits per heavy atom. The van der Waals surface area contributed by atoms with Gasteiger partial charge in [0.1, 0.15) is 0 Å². The van der Waals surface area contributed by atoms with Crippen LogP contribution in [0.15, 0.2) is 6.20 Å². The topological polar surface area (TPSA) is 43.8 Å². The van der Waals surface area contributed by atoms with Crippen LogP contribution in [0.4, 0.5) is 0 Å². The molecule has 72 valence electrons. The predicted octanol–water partition coefficient (Wildman–Crippen LogP) is 1.63. The Balaban J connectivity index is 2.34. The summed E-state index contributed by atoms with van der Waals surface area (Å²) >= 11 is 0. The number of hydrogen-bond donors (Lipinski definition) is 1. The molecule has 1 aromatic heterocycles. The van der Waals surface area contributed by atoms with Crippen LogP contribution in [-0.4, -0.2) is 9.78 Å². The van der Waals surface area contributed by atoms with Gasteiger partial charge in [0.15, 0.2) is 0 Å². The molecule has 1 atom stereocenters. The fourth-order valence-corrected chi connectivity index (χ4v) is 2.00. The van der Waals surface area contributed by atoms with Crippen molar-refractivity contribution in [2.24, 2.45) is 5.73 Å². The molecular weight excluding hydrogens is 162 g/mol. The average molecular weight is 179 g/mol. The monoisotopic (exact) mass is 179 g/mol. The molecule has 0 spiro atoms. The van der Waals surface area contributed by atoms with Gasteiger partial charge in [0.25, 0.3) is 0 Å². The lowest BCUT2D eigenvalue weighted by Gasteiger charge is -2.07. The lowest BCUT2D eigenvalue weighted by molar-refractivity contribution is 0.575. The summed E-state index contributed by atoms with van der Waals surface area (Å²) in [5.74, 6) is 0. The van der Waals surface area contributed by atoms with E-state index in [-0.39, 0.29) is 6.04 Å². The van der Waals surface area contributed by atoms with Crippen LogP contribution in [0, 0.1) is 0 Å². The third-order valence-electron chi connectivity index (χ3n) is 2.76. The Labute approximate surface area is 78.9 Å². The first-order valence-electron chi connectivity index (χ1n) is 5.09. The fraction of sp³-hybridized carbons (Fsp3) is 0.700. The summed E-state index contributed by atoms with van der Waals surface area (Å²) in [4.78, 5) is 0. The van der Waals surface area contributed by atoms with E-state index in [1.165, 1.54) is 30.5 Å². The van der Waals surface area contributed by atoms with E-state index in [0.29, 0.717) is 0 Å². The van der Waals surface area contributed by atoms with Gasteiger partial charge in [0.05, 0.1) is 6.20 Å². The van der Waals surface area contributed by atoms with Gasteiger partial charge in [-0.25, -0.2) is 0 Å². The van der Waals surface area contributed by atoms with Crippen LogP contribution in [0.5, 0.6) is 0 Å². The highest BCUT2D eigenvalue weighted by Crippen LogP contribution is 2.21. The Hall–Kier alpha value is -0.830. The Kier molecular flexibility index (Phi) is 2.36. The molecule has 2 heterocycles. The van der Waals surface area contributed by atoms with E-state index in [4.69, 9.17) is 5.73 Å². The molecule has 13 heavy (non-hydrogen) atoms. The number of aryl methyl sites for hydroxylation is 1. The Morgan fingerprint density at radius 3 is 3.08 bits per heavy atom. The van der Waals surface area contributed by atoms with Crippen LogP contribution >= 0.6 is 0 Å². The Morgan fingerprint density at radius 1 is 1.46 bits per heavy atom. The maximum absolute atomic E-state index is 5.88. The van der Waals surface area contributed by atoms with Crippen molar-refractivity contribution in [3.05, 3.63) is 17.5 Å². The summed E-state index contributed by atoms with van der Waals surface area (Å²) < 4.78 is 2.13. The molecule has 3 nitrogen and oxygen atoms in total.